The molecule has 0 heterocycles. The fourth-order valence-electron chi connectivity index (χ4n) is 2.46. The van der Waals surface area contributed by atoms with E-state index in [1.54, 1.807) is 13.8 Å². The zero-order valence-corrected chi connectivity index (χ0v) is 21.8. The maximum absolute atomic E-state index is 12.4. The number of carbonyl (C=O) groups is 7. The third kappa shape index (κ3) is 11.1. The van der Waals surface area contributed by atoms with E-state index in [2.05, 4.69) is 31.9 Å². The summed E-state index contributed by atoms with van der Waals surface area (Å²) in [5.74, 6) is -5.22. The first-order valence-corrected chi connectivity index (χ1v) is 11.5. The summed E-state index contributed by atoms with van der Waals surface area (Å²) in [4.78, 5) is 83.7. The molecule has 0 fully saturated rings. The lowest BCUT2D eigenvalue weighted by molar-refractivity contribution is -0.141. The van der Waals surface area contributed by atoms with E-state index >= 15 is 0 Å². The molecule has 14 nitrogen and oxygen atoms in total. The average molecular weight is 515 g/mol. The highest BCUT2D eigenvalue weighted by molar-refractivity contribution is 5.96. The van der Waals surface area contributed by atoms with E-state index in [4.69, 9.17) is 5.11 Å². The van der Waals surface area contributed by atoms with Crippen LogP contribution >= 0.6 is 0 Å². The lowest BCUT2D eigenvalue weighted by Gasteiger charge is -2.22. The average Bonchev–Trinajstić information content (AvgIpc) is 2.77. The van der Waals surface area contributed by atoms with Crippen molar-refractivity contribution in [2.45, 2.75) is 91.6 Å². The smallest absolute Gasteiger partial charge is 0.325 e. The highest BCUT2D eigenvalue weighted by Crippen LogP contribution is 1.96. The van der Waals surface area contributed by atoms with E-state index in [0.717, 1.165) is 0 Å². The molecule has 0 aliphatic carbocycles. The second-order valence-corrected chi connectivity index (χ2v) is 8.87. The first-order chi connectivity index (χ1) is 16.5. The summed E-state index contributed by atoms with van der Waals surface area (Å²) < 4.78 is 0. The van der Waals surface area contributed by atoms with Crippen LogP contribution in [0.3, 0.4) is 0 Å². The van der Waals surface area contributed by atoms with Crippen molar-refractivity contribution in [2.75, 3.05) is 0 Å². The Morgan fingerprint density at radius 2 is 0.583 bits per heavy atom. The molecule has 0 aromatic carbocycles. The summed E-state index contributed by atoms with van der Waals surface area (Å²) in [7, 11) is 0. The maximum atomic E-state index is 12.4. The van der Waals surface area contributed by atoms with Crippen LogP contribution in [0.15, 0.2) is 0 Å². The molecular weight excluding hydrogens is 476 g/mol. The fraction of sp³-hybridized carbons (Fsp3) is 0.682. The van der Waals surface area contributed by atoms with Gasteiger partial charge in [-0.1, -0.05) is 13.8 Å². The summed E-state index contributed by atoms with van der Waals surface area (Å²) in [5, 5.41) is 23.2. The summed E-state index contributed by atoms with van der Waals surface area (Å²) in [6.07, 6.45) is 0. The normalized spacial score (nSPS) is 15.7. The summed E-state index contributed by atoms with van der Waals surface area (Å²) >= 11 is 0. The first-order valence-electron chi connectivity index (χ1n) is 11.5. The quantitative estimate of drug-likeness (QED) is 0.142. The maximum Gasteiger partial charge on any atom is 0.325 e. The number of hydrogen-bond acceptors (Lipinski definition) is 7. The Morgan fingerprint density at radius 3 is 0.778 bits per heavy atom. The van der Waals surface area contributed by atoms with Crippen molar-refractivity contribution < 1.29 is 38.7 Å². The van der Waals surface area contributed by atoms with Crippen molar-refractivity contribution in [1.29, 1.82) is 0 Å². The Labute approximate surface area is 210 Å². The van der Waals surface area contributed by atoms with Gasteiger partial charge in [0.25, 0.3) is 0 Å². The van der Waals surface area contributed by atoms with Gasteiger partial charge in [0.15, 0.2) is 0 Å². The van der Waals surface area contributed by atoms with Crippen molar-refractivity contribution in [2.24, 2.45) is 5.92 Å². The van der Waals surface area contributed by atoms with Gasteiger partial charge in [-0.25, -0.2) is 0 Å². The Bertz CT molecular complexity index is 861. The number of nitrogens with one attached hydrogen (secondary N) is 6. The molecule has 0 aromatic rings. The predicted octanol–water partition coefficient (Wildman–Crippen LogP) is -2.24. The molecular formula is C22H38N6O8. The number of carboxylic acids is 1. The van der Waals surface area contributed by atoms with Crippen LogP contribution < -0.4 is 31.9 Å². The Kier molecular flexibility index (Phi) is 13.1. The van der Waals surface area contributed by atoms with E-state index in [-0.39, 0.29) is 11.8 Å². The Hall–Kier alpha value is -3.71. The number of aliphatic carboxylic acids is 1. The standard InChI is InChI=1S/C22H38N6O8/c1-9(2)16(29)23-10(3)17(30)24-11(4)18(31)25-12(5)19(32)26-13(6)20(33)27-14(7)21(34)28-15(8)22(35)36/h9-15H,1-8H3,(H,23,29)(H,24,30)(H,25,31)(H,26,32)(H,27,33)(H,28,34)(H,35,36)/t10-,11?,12-,13?,14-,15?/m0/s1. The van der Waals surface area contributed by atoms with Crippen LogP contribution in [-0.4, -0.2) is 82.8 Å². The lowest BCUT2D eigenvalue weighted by atomic mass is 10.2. The van der Waals surface area contributed by atoms with Crippen molar-refractivity contribution in [3.63, 3.8) is 0 Å². The topological polar surface area (TPSA) is 212 Å². The van der Waals surface area contributed by atoms with Crippen LogP contribution in [0.4, 0.5) is 0 Å². The third-order valence-electron chi connectivity index (χ3n) is 5.01. The summed E-state index contributed by atoms with van der Waals surface area (Å²) in [6.45, 7) is 11.6. The molecule has 0 aliphatic heterocycles. The molecule has 0 saturated heterocycles. The number of hydrogen-bond donors (Lipinski definition) is 7. The Morgan fingerprint density at radius 1 is 0.389 bits per heavy atom. The zero-order chi connectivity index (χ0) is 28.3. The molecule has 0 radical (unpaired) electrons. The van der Waals surface area contributed by atoms with Gasteiger partial charge in [0.05, 0.1) is 0 Å². The second kappa shape index (κ2) is 14.6. The van der Waals surface area contributed by atoms with Gasteiger partial charge in [-0.15, -0.1) is 0 Å². The Balaban J connectivity index is 4.71. The van der Waals surface area contributed by atoms with Crippen LogP contribution in [0.2, 0.25) is 0 Å². The molecule has 3 unspecified atom stereocenters. The second-order valence-electron chi connectivity index (χ2n) is 8.87. The molecule has 0 spiro atoms. The van der Waals surface area contributed by atoms with Crippen LogP contribution in [0, 0.1) is 5.92 Å². The van der Waals surface area contributed by atoms with Gasteiger partial charge >= 0.3 is 5.97 Å². The molecule has 6 amide bonds. The van der Waals surface area contributed by atoms with Gasteiger partial charge in [-0.2, -0.15) is 0 Å². The third-order valence-corrected chi connectivity index (χ3v) is 5.01. The number of carboxylic acid groups (broad SMARTS) is 1. The van der Waals surface area contributed by atoms with Gasteiger partial charge in [0.1, 0.15) is 36.3 Å². The van der Waals surface area contributed by atoms with Crippen LogP contribution in [0.25, 0.3) is 0 Å². The molecule has 0 aromatic heterocycles. The largest absolute Gasteiger partial charge is 0.480 e. The summed E-state index contributed by atoms with van der Waals surface area (Å²) in [6, 6.07) is -6.24. The van der Waals surface area contributed by atoms with Crippen molar-refractivity contribution in [3.05, 3.63) is 0 Å². The van der Waals surface area contributed by atoms with Crippen molar-refractivity contribution in [1.82, 2.24) is 31.9 Å². The number of amides is 6. The molecule has 36 heavy (non-hydrogen) atoms. The monoisotopic (exact) mass is 514 g/mol. The molecule has 0 saturated carbocycles. The molecule has 0 aliphatic rings. The summed E-state index contributed by atoms with van der Waals surface area (Å²) in [5.41, 5.74) is 0. The first kappa shape index (κ1) is 32.3. The zero-order valence-electron chi connectivity index (χ0n) is 21.8. The molecule has 14 heteroatoms. The van der Waals surface area contributed by atoms with Gasteiger partial charge in [-0.3, -0.25) is 33.6 Å². The SMILES string of the molecule is CC(C)C(=O)N[C@@H](C)C(=O)NC(C)C(=O)N[C@@H](C)C(=O)NC(C)C(=O)N[C@@H](C)C(=O)NC(C)C(=O)O. The number of rotatable bonds is 13. The van der Waals surface area contributed by atoms with E-state index < -0.39 is 71.8 Å². The van der Waals surface area contributed by atoms with Crippen LogP contribution in [-0.2, 0) is 33.6 Å². The predicted molar refractivity (Wildman–Crippen MR) is 128 cm³/mol. The minimum atomic E-state index is -1.24. The van der Waals surface area contributed by atoms with Crippen molar-refractivity contribution in [3.8, 4) is 0 Å². The highest BCUT2D eigenvalue weighted by atomic mass is 16.4. The van der Waals surface area contributed by atoms with E-state index in [1.807, 2.05) is 0 Å². The molecule has 204 valence electrons. The van der Waals surface area contributed by atoms with E-state index in [1.165, 1.54) is 41.5 Å². The minimum Gasteiger partial charge on any atom is -0.480 e. The molecule has 0 bridgehead atoms. The van der Waals surface area contributed by atoms with E-state index in [0.29, 0.717) is 0 Å². The number of carbonyl (C=O) groups excluding carboxylic acids is 6. The lowest BCUT2D eigenvalue weighted by Crippen LogP contribution is -2.57. The van der Waals surface area contributed by atoms with Gasteiger partial charge < -0.3 is 37.0 Å². The van der Waals surface area contributed by atoms with E-state index in [9.17, 15) is 33.6 Å². The van der Waals surface area contributed by atoms with Gasteiger partial charge in [0, 0.05) is 5.92 Å². The molecule has 0 rings (SSSR count). The van der Waals surface area contributed by atoms with Gasteiger partial charge in [0.2, 0.25) is 35.4 Å². The molecule has 6 atom stereocenters. The highest BCUT2D eigenvalue weighted by Gasteiger charge is 2.27. The van der Waals surface area contributed by atoms with Crippen LogP contribution in [0.1, 0.15) is 55.4 Å². The van der Waals surface area contributed by atoms with Crippen molar-refractivity contribution >= 4 is 41.4 Å². The minimum absolute atomic E-state index is 0.314. The van der Waals surface area contributed by atoms with Crippen LogP contribution in [0.5, 0.6) is 0 Å². The van der Waals surface area contributed by atoms with Gasteiger partial charge in [-0.05, 0) is 41.5 Å². The molecule has 7 N–H and O–H groups in total. The fourth-order valence-corrected chi connectivity index (χ4v) is 2.46.